The largest absolute Gasteiger partial charge is 0.343 e. The first kappa shape index (κ1) is 15.3. The van der Waals surface area contributed by atoms with Gasteiger partial charge in [-0.05, 0) is 31.1 Å². The number of carbonyl (C=O) groups is 2. The number of nitrogens with zero attached hydrogens (tertiary/aromatic N) is 1. The van der Waals surface area contributed by atoms with E-state index in [4.69, 9.17) is 0 Å². The van der Waals surface area contributed by atoms with Crippen LogP contribution in [0, 0.1) is 11.8 Å². The third-order valence-electron chi connectivity index (χ3n) is 4.90. The van der Waals surface area contributed by atoms with E-state index < -0.39 is 0 Å². The van der Waals surface area contributed by atoms with Gasteiger partial charge in [-0.3, -0.25) is 9.59 Å². The second-order valence-electron chi connectivity index (χ2n) is 6.73. The summed E-state index contributed by atoms with van der Waals surface area (Å²) >= 11 is 0. The van der Waals surface area contributed by atoms with Crippen LogP contribution in [0.4, 0.5) is 0 Å². The molecule has 0 aromatic rings. The topological polar surface area (TPSA) is 49.4 Å². The molecule has 4 nitrogen and oxygen atoms in total. The maximum atomic E-state index is 12.8. The van der Waals surface area contributed by atoms with Crippen LogP contribution in [0.2, 0.25) is 0 Å². The van der Waals surface area contributed by atoms with Crippen LogP contribution in [-0.4, -0.2) is 34.8 Å². The van der Waals surface area contributed by atoms with Gasteiger partial charge in [-0.1, -0.05) is 40.5 Å². The Morgan fingerprint density at radius 2 is 1.90 bits per heavy atom. The van der Waals surface area contributed by atoms with Crippen LogP contribution in [0.5, 0.6) is 0 Å². The molecule has 2 amide bonds. The van der Waals surface area contributed by atoms with Crippen LogP contribution < -0.4 is 5.32 Å². The number of rotatable bonds is 3. The highest BCUT2D eigenvalue weighted by Crippen LogP contribution is 2.33. The van der Waals surface area contributed by atoms with Gasteiger partial charge in [-0.2, -0.15) is 0 Å². The van der Waals surface area contributed by atoms with E-state index in [9.17, 15) is 9.59 Å². The van der Waals surface area contributed by atoms with Crippen LogP contribution in [0.25, 0.3) is 0 Å². The Bertz CT molecular complexity index is 381. The summed E-state index contributed by atoms with van der Waals surface area (Å²) in [5.41, 5.74) is 0. The second kappa shape index (κ2) is 6.15. The molecule has 0 spiro atoms. The van der Waals surface area contributed by atoms with Crippen molar-refractivity contribution in [1.82, 2.24) is 10.2 Å². The van der Waals surface area contributed by atoms with E-state index in [1.54, 1.807) is 0 Å². The average Bonchev–Trinajstić information content (AvgIpc) is 2.41. The summed E-state index contributed by atoms with van der Waals surface area (Å²) in [4.78, 5) is 27.1. The molecule has 114 valence electrons. The minimum Gasteiger partial charge on any atom is -0.343 e. The van der Waals surface area contributed by atoms with Gasteiger partial charge in [0.05, 0.1) is 0 Å². The number of hydrogen-bond acceptors (Lipinski definition) is 2. The summed E-state index contributed by atoms with van der Waals surface area (Å²) in [6.07, 6.45) is 5.29. The quantitative estimate of drug-likeness (QED) is 0.862. The lowest BCUT2D eigenvalue weighted by Gasteiger charge is -2.48. The van der Waals surface area contributed by atoms with Gasteiger partial charge in [0.2, 0.25) is 11.8 Å². The van der Waals surface area contributed by atoms with Gasteiger partial charge in [0.1, 0.15) is 12.1 Å². The molecule has 0 radical (unpaired) electrons. The molecular formula is C16H28N2O2. The predicted octanol–water partition coefficient (Wildman–Crippen LogP) is 2.33. The molecule has 4 atom stereocenters. The van der Waals surface area contributed by atoms with E-state index >= 15 is 0 Å². The molecule has 2 fully saturated rings. The van der Waals surface area contributed by atoms with Crippen molar-refractivity contribution in [2.75, 3.05) is 0 Å². The van der Waals surface area contributed by atoms with E-state index in [-0.39, 0.29) is 35.9 Å². The number of hydrogen-bond donors (Lipinski definition) is 1. The van der Waals surface area contributed by atoms with Crippen molar-refractivity contribution in [2.45, 2.75) is 77.9 Å². The van der Waals surface area contributed by atoms with Crippen LogP contribution >= 0.6 is 0 Å². The van der Waals surface area contributed by atoms with Crippen LogP contribution in [-0.2, 0) is 9.59 Å². The summed E-state index contributed by atoms with van der Waals surface area (Å²) in [7, 11) is 0. The summed E-state index contributed by atoms with van der Waals surface area (Å²) in [6, 6.07) is -0.383. The standard InChI is InChI=1S/C16H28N2O2/c1-5-12-16(20)18(13-9-7-6-8-11(13)4)14(10(2)3)15(19)17-12/h10-14H,5-9H2,1-4H3,(H,17,19). The van der Waals surface area contributed by atoms with Crippen molar-refractivity contribution >= 4 is 11.8 Å². The molecule has 2 rings (SSSR count). The van der Waals surface area contributed by atoms with E-state index in [0.29, 0.717) is 12.3 Å². The third kappa shape index (κ3) is 2.70. The molecule has 1 aliphatic heterocycles. The Morgan fingerprint density at radius 1 is 1.25 bits per heavy atom. The molecule has 1 saturated heterocycles. The van der Waals surface area contributed by atoms with Crippen molar-refractivity contribution in [1.29, 1.82) is 0 Å². The second-order valence-corrected chi connectivity index (χ2v) is 6.73. The Labute approximate surface area is 122 Å². The number of carbonyl (C=O) groups excluding carboxylic acids is 2. The molecule has 1 N–H and O–H groups in total. The highest BCUT2D eigenvalue weighted by molar-refractivity contribution is 5.97. The van der Waals surface area contributed by atoms with Crippen molar-refractivity contribution in [3.8, 4) is 0 Å². The van der Waals surface area contributed by atoms with Gasteiger partial charge in [-0.25, -0.2) is 0 Å². The molecule has 1 heterocycles. The lowest BCUT2D eigenvalue weighted by atomic mass is 9.82. The maximum Gasteiger partial charge on any atom is 0.246 e. The van der Waals surface area contributed by atoms with Crippen molar-refractivity contribution in [2.24, 2.45) is 11.8 Å². The zero-order chi connectivity index (χ0) is 14.9. The SMILES string of the molecule is CCC1NC(=O)C(C(C)C)N(C2CCCCC2C)C1=O. The highest BCUT2D eigenvalue weighted by atomic mass is 16.2. The Kier molecular flexibility index (Phi) is 4.71. The third-order valence-corrected chi connectivity index (χ3v) is 4.90. The van der Waals surface area contributed by atoms with Gasteiger partial charge < -0.3 is 10.2 Å². The Hall–Kier alpha value is -1.06. The predicted molar refractivity (Wildman–Crippen MR) is 79.1 cm³/mol. The summed E-state index contributed by atoms with van der Waals surface area (Å²) in [5.74, 6) is 0.817. The summed E-state index contributed by atoms with van der Waals surface area (Å²) < 4.78 is 0. The molecule has 0 aromatic heterocycles. The van der Waals surface area contributed by atoms with Gasteiger partial charge in [0.25, 0.3) is 0 Å². The summed E-state index contributed by atoms with van der Waals surface area (Å²) in [5, 5.41) is 2.90. The number of amides is 2. The van der Waals surface area contributed by atoms with E-state index in [1.807, 2.05) is 25.7 Å². The first-order valence-electron chi connectivity index (χ1n) is 8.09. The molecule has 2 aliphatic rings. The Morgan fingerprint density at radius 3 is 2.45 bits per heavy atom. The van der Waals surface area contributed by atoms with Crippen LogP contribution in [0.1, 0.15) is 59.8 Å². The minimum atomic E-state index is -0.327. The average molecular weight is 280 g/mol. The van der Waals surface area contributed by atoms with Crippen LogP contribution in [0.3, 0.4) is 0 Å². The van der Waals surface area contributed by atoms with Gasteiger partial charge in [0, 0.05) is 6.04 Å². The fraction of sp³-hybridized carbons (Fsp3) is 0.875. The van der Waals surface area contributed by atoms with Gasteiger partial charge in [-0.15, -0.1) is 0 Å². The van der Waals surface area contributed by atoms with E-state index in [2.05, 4.69) is 12.2 Å². The zero-order valence-electron chi connectivity index (χ0n) is 13.2. The van der Waals surface area contributed by atoms with Crippen molar-refractivity contribution < 1.29 is 9.59 Å². The van der Waals surface area contributed by atoms with Crippen LogP contribution in [0.15, 0.2) is 0 Å². The first-order valence-corrected chi connectivity index (χ1v) is 8.09. The molecular weight excluding hydrogens is 252 g/mol. The maximum absolute atomic E-state index is 12.8. The molecule has 20 heavy (non-hydrogen) atoms. The number of nitrogens with one attached hydrogen (secondary N) is 1. The molecule has 0 aromatic carbocycles. The van der Waals surface area contributed by atoms with Crippen molar-refractivity contribution in [3.63, 3.8) is 0 Å². The Balaban J connectivity index is 2.31. The van der Waals surface area contributed by atoms with Crippen molar-refractivity contribution in [3.05, 3.63) is 0 Å². The van der Waals surface area contributed by atoms with E-state index in [1.165, 1.54) is 12.8 Å². The summed E-state index contributed by atoms with van der Waals surface area (Å²) in [6.45, 7) is 8.25. The smallest absolute Gasteiger partial charge is 0.246 e. The fourth-order valence-electron chi connectivity index (χ4n) is 3.74. The monoisotopic (exact) mass is 280 g/mol. The molecule has 1 aliphatic carbocycles. The first-order chi connectivity index (χ1) is 9.47. The number of piperazine rings is 1. The normalized spacial score (nSPS) is 35.4. The fourth-order valence-corrected chi connectivity index (χ4v) is 3.74. The molecule has 0 bridgehead atoms. The lowest BCUT2D eigenvalue weighted by Crippen LogP contribution is -2.68. The minimum absolute atomic E-state index is 0.0317. The van der Waals surface area contributed by atoms with Gasteiger partial charge >= 0.3 is 0 Å². The van der Waals surface area contributed by atoms with E-state index in [0.717, 1.165) is 12.8 Å². The highest BCUT2D eigenvalue weighted by Gasteiger charge is 2.45. The lowest BCUT2D eigenvalue weighted by molar-refractivity contribution is -0.156. The zero-order valence-corrected chi connectivity index (χ0v) is 13.2. The molecule has 4 heteroatoms. The molecule has 4 unspecified atom stereocenters. The van der Waals surface area contributed by atoms with Gasteiger partial charge in [0.15, 0.2) is 0 Å². The molecule has 1 saturated carbocycles.